The minimum absolute atomic E-state index is 0.0587. The van der Waals surface area contributed by atoms with Gasteiger partial charge in [0.15, 0.2) is 0 Å². The molecule has 1 aromatic rings. The van der Waals surface area contributed by atoms with Crippen molar-refractivity contribution in [3.63, 3.8) is 0 Å². The van der Waals surface area contributed by atoms with Crippen LogP contribution in [0.1, 0.15) is 17.5 Å². The third-order valence-electron chi connectivity index (χ3n) is 1.77. The van der Waals surface area contributed by atoms with Crippen LogP contribution in [0.25, 0.3) is 0 Å². The first kappa shape index (κ1) is 10.9. The predicted octanol–water partition coefficient (Wildman–Crippen LogP) is 1.74. The lowest BCUT2D eigenvalue weighted by molar-refractivity contribution is 0.282. The fourth-order valence-corrected chi connectivity index (χ4v) is 1.13. The molecule has 2 nitrogen and oxygen atoms in total. The third-order valence-corrected chi connectivity index (χ3v) is 1.95. The van der Waals surface area contributed by atoms with Crippen LogP contribution in [0.5, 0.6) is 0 Å². The lowest BCUT2D eigenvalue weighted by Gasteiger charge is -2.01. The van der Waals surface area contributed by atoms with E-state index >= 15 is 0 Å². The van der Waals surface area contributed by atoms with E-state index in [9.17, 15) is 0 Å². The van der Waals surface area contributed by atoms with Crippen molar-refractivity contribution in [1.29, 1.82) is 0 Å². The fraction of sp³-hybridized carbons (Fsp3) is 0.273. The molecular weight excluding hydrogens is 198 g/mol. The molecule has 0 aliphatic heterocycles. The van der Waals surface area contributed by atoms with E-state index in [4.69, 9.17) is 22.4 Å². The minimum atomic E-state index is -0.0587. The van der Waals surface area contributed by atoms with Gasteiger partial charge in [-0.05, 0) is 18.2 Å². The van der Waals surface area contributed by atoms with E-state index in [-0.39, 0.29) is 6.61 Å². The number of alkyl halides is 1. The van der Waals surface area contributed by atoms with Gasteiger partial charge < -0.3 is 10.8 Å². The summed E-state index contributed by atoms with van der Waals surface area (Å²) < 4.78 is 0. The second-order valence-electron chi connectivity index (χ2n) is 2.81. The molecule has 0 saturated carbocycles. The normalized spacial score (nSPS) is 9.29. The lowest BCUT2D eigenvalue weighted by Crippen LogP contribution is -1.94. The maximum atomic E-state index is 8.97. The molecule has 0 unspecified atom stereocenters. The van der Waals surface area contributed by atoms with Crippen LogP contribution in [-0.4, -0.2) is 11.0 Å². The fourth-order valence-electron chi connectivity index (χ4n) is 1.03. The van der Waals surface area contributed by atoms with Gasteiger partial charge in [-0.1, -0.05) is 11.8 Å². The Hall–Kier alpha value is -1.17. The first-order chi connectivity index (χ1) is 6.77. The molecule has 0 bridgehead atoms. The van der Waals surface area contributed by atoms with Gasteiger partial charge in [-0.3, -0.25) is 0 Å². The van der Waals surface area contributed by atoms with Crippen LogP contribution in [0.2, 0.25) is 0 Å². The van der Waals surface area contributed by atoms with Crippen LogP contribution in [0.15, 0.2) is 18.2 Å². The Balaban J connectivity index is 2.86. The maximum absolute atomic E-state index is 8.97. The van der Waals surface area contributed by atoms with Crippen molar-refractivity contribution in [3.05, 3.63) is 29.3 Å². The highest BCUT2D eigenvalue weighted by atomic mass is 35.5. The molecule has 0 fully saturated rings. The van der Waals surface area contributed by atoms with E-state index < -0.39 is 0 Å². The van der Waals surface area contributed by atoms with E-state index in [2.05, 4.69) is 11.8 Å². The summed E-state index contributed by atoms with van der Waals surface area (Å²) in [5.41, 5.74) is 7.78. The lowest BCUT2D eigenvalue weighted by atomic mass is 10.1. The molecule has 0 aromatic heterocycles. The quantitative estimate of drug-likeness (QED) is 0.443. The standard InChI is InChI=1S/C11H12ClNO/c12-6-2-1-3-9-4-5-11(13)10(7-9)8-14/h4-5,7,14H,2,6,8,13H2. The van der Waals surface area contributed by atoms with Gasteiger partial charge in [0.05, 0.1) is 6.61 Å². The zero-order valence-corrected chi connectivity index (χ0v) is 8.51. The second-order valence-corrected chi connectivity index (χ2v) is 3.19. The number of halogens is 1. The Morgan fingerprint density at radius 1 is 1.43 bits per heavy atom. The summed E-state index contributed by atoms with van der Waals surface area (Å²) in [4.78, 5) is 0. The smallest absolute Gasteiger partial charge is 0.0702 e. The van der Waals surface area contributed by atoms with Gasteiger partial charge in [-0.15, -0.1) is 11.6 Å². The van der Waals surface area contributed by atoms with E-state index in [1.54, 1.807) is 12.1 Å². The van der Waals surface area contributed by atoms with E-state index in [1.807, 2.05) is 6.07 Å². The number of aliphatic hydroxyl groups excluding tert-OH is 1. The number of hydrogen-bond acceptors (Lipinski definition) is 2. The predicted molar refractivity (Wildman–Crippen MR) is 59.0 cm³/mol. The van der Waals surface area contributed by atoms with Crippen molar-refractivity contribution >= 4 is 17.3 Å². The highest BCUT2D eigenvalue weighted by Gasteiger charge is 1.97. The summed E-state index contributed by atoms with van der Waals surface area (Å²) in [6.45, 7) is -0.0587. The number of rotatable bonds is 2. The molecule has 0 saturated heterocycles. The van der Waals surface area contributed by atoms with Crippen LogP contribution in [-0.2, 0) is 6.61 Å². The molecule has 74 valence electrons. The van der Waals surface area contributed by atoms with Gasteiger partial charge in [0.25, 0.3) is 0 Å². The van der Waals surface area contributed by atoms with Crippen molar-refractivity contribution in [3.8, 4) is 11.8 Å². The Kier molecular flexibility index (Phi) is 4.31. The summed E-state index contributed by atoms with van der Waals surface area (Å²) in [6.07, 6.45) is 0.667. The molecule has 0 spiro atoms. The van der Waals surface area contributed by atoms with Crippen LogP contribution in [0, 0.1) is 11.8 Å². The van der Waals surface area contributed by atoms with Gasteiger partial charge in [0.2, 0.25) is 0 Å². The van der Waals surface area contributed by atoms with Gasteiger partial charge in [0.1, 0.15) is 0 Å². The first-order valence-electron chi connectivity index (χ1n) is 4.32. The van der Waals surface area contributed by atoms with E-state index in [0.29, 0.717) is 23.6 Å². The number of nitrogens with two attached hydrogens (primary N) is 1. The van der Waals surface area contributed by atoms with Crippen molar-refractivity contribution in [1.82, 2.24) is 0 Å². The molecule has 0 atom stereocenters. The highest BCUT2D eigenvalue weighted by molar-refractivity contribution is 6.18. The van der Waals surface area contributed by atoms with Crippen molar-refractivity contribution in [2.75, 3.05) is 11.6 Å². The number of aliphatic hydroxyl groups is 1. The zero-order valence-electron chi connectivity index (χ0n) is 7.76. The van der Waals surface area contributed by atoms with Crippen molar-refractivity contribution in [2.24, 2.45) is 0 Å². The van der Waals surface area contributed by atoms with Crippen molar-refractivity contribution < 1.29 is 5.11 Å². The molecule has 3 N–H and O–H groups in total. The molecule has 0 aliphatic rings. The first-order valence-corrected chi connectivity index (χ1v) is 4.85. The largest absolute Gasteiger partial charge is 0.398 e. The molecule has 0 heterocycles. The summed E-state index contributed by atoms with van der Waals surface area (Å²) in [5.74, 6) is 6.40. The van der Waals surface area contributed by atoms with Crippen LogP contribution in [0.3, 0.4) is 0 Å². The number of benzene rings is 1. The van der Waals surface area contributed by atoms with Gasteiger partial charge in [-0.2, -0.15) is 0 Å². The molecule has 14 heavy (non-hydrogen) atoms. The molecule has 3 heteroatoms. The molecule has 1 rings (SSSR count). The Morgan fingerprint density at radius 2 is 2.21 bits per heavy atom. The van der Waals surface area contributed by atoms with Crippen LogP contribution < -0.4 is 5.73 Å². The third kappa shape index (κ3) is 2.95. The van der Waals surface area contributed by atoms with Gasteiger partial charge >= 0.3 is 0 Å². The molecule has 1 aromatic carbocycles. The number of nitrogen functional groups attached to an aromatic ring is 1. The minimum Gasteiger partial charge on any atom is -0.398 e. The Morgan fingerprint density at radius 3 is 2.86 bits per heavy atom. The Labute approximate surface area is 88.7 Å². The van der Waals surface area contributed by atoms with Crippen molar-refractivity contribution in [2.45, 2.75) is 13.0 Å². The highest BCUT2D eigenvalue weighted by Crippen LogP contribution is 2.13. The van der Waals surface area contributed by atoms with E-state index in [1.165, 1.54) is 0 Å². The SMILES string of the molecule is Nc1ccc(C#CCCCl)cc1CO. The summed E-state index contributed by atoms with van der Waals surface area (Å²) in [7, 11) is 0. The number of anilines is 1. The van der Waals surface area contributed by atoms with E-state index in [0.717, 1.165) is 5.56 Å². The van der Waals surface area contributed by atoms with Gasteiger partial charge in [-0.25, -0.2) is 0 Å². The van der Waals surface area contributed by atoms with Crippen LogP contribution >= 0.6 is 11.6 Å². The monoisotopic (exact) mass is 209 g/mol. The van der Waals surface area contributed by atoms with Gasteiger partial charge in [0, 0.05) is 29.1 Å². The number of hydrogen-bond donors (Lipinski definition) is 2. The molecule has 0 radical (unpaired) electrons. The average molecular weight is 210 g/mol. The summed E-state index contributed by atoms with van der Waals surface area (Å²) >= 11 is 5.49. The average Bonchev–Trinajstić information content (AvgIpc) is 2.21. The topological polar surface area (TPSA) is 46.2 Å². The molecular formula is C11H12ClNO. The molecule has 0 amide bonds. The zero-order chi connectivity index (χ0) is 10.4. The Bertz CT molecular complexity index is 365. The maximum Gasteiger partial charge on any atom is 0.0702 e. The molecule has 0 aliphatic carbocycles. The second kappa shape index (κ2) is 5.54. The summed E-state index contributed by atoms with van der Waals surface area (Å²) in [6, 6.07) is 5.36. The van der Waals surface area contributed by atoms with Crippen LogP contribution in [0.4, 0.5) is 5.69 Å². The summed E-state index contributed by atoms with van der Waals surface area (Å²) in [5, 5.41) is 8.97.